The zero-order chi connectivity index (χ0) is 28.5. The van der Waals surface area contributed by atoms with Crippen LogP contribution in [0.4, 0.5) is 0 Å². The largest absolute Gasteiger partial charge is 0.493 e. The van der Waals surface area contributed by atoms with Crippen molar-refractivity contribution in [2.75, 3.05) is 7.11 Å². The fourth-order valence-electron chi connectivity index (χ4n) is 4.55. The van der Waals surface area contributed by atoms with Crippen molar-refractivity contribution >= 4 is 55.6 Å². The second kappa shape index (κ2) is 11.2. The van der Waals surface area contributed by atoms with E-state index < -0.39 is 0 Å². The van der Waals surface area contributed by atoms with E-state index in [0.717, 1.165) is 21.0 Å². The number of aryl methyl sites for hydroxylation is 1. The average molecular weight is 629 g/mol. The van der Waals surface area contributed by atoms with Crippen LogP contribution in [-0.4, -0.2) is 23.0 Å². The number of rotatable bonds is 7. The molecule has 9 heteroatoms. The molecule has 204 valence electrons. The second-order valence-electron chi connectivity index (χ2n) is 9.42. The van der Waals surface area contributed by atoms with Crippen LogP contribution in [0.1, 0.15) is 16.7 Å². The summed E-state index contributed by atoms with van der Waals surface area (Å²) >= 11 is 10.1. The lowest BCUT2D eigenvalue weighted by molar-refractivity contribution is 0.284. The highest BCUT2D eigenvalue weighted by molar-refractivity contribution is 9.10. The van der Waals surface area contributed by atoms with Crippen molar-refractivity contribution in [2.24, 2.45) is 5.10 Å². The normalized spacial score (nSPS) is 11.5. The number of nitrogens with zero attached hydrogens (tertiary/aromatic N) is 3. The number of ether oxygens (including phenoxy) is 2. The molecule has 2 aromatic heterocycles. The van der Waals surface area contributed by atoms with Crippen molar-refractivity contribution in [3.05, 3.63) is 121 Å². The molecule has 0 fully saturated rings. The molecular weight excluding hydrogens is 606 g/mol. The van der Waals surface area contributed by atoms with Crippen molar-refractivity contribution in [1.29, 1.82) is 0 Å². The molecule has 0 aliphatic heterocycles. The monoisotopic (exact) mass is 627 g/mol. The van der Waals surface area contributed by atoms with E-state index >= 15 is 0 Å². The van der Waals surface area contributed by atoms with E-state index in [-0.39, 0.29) is 11.4 Å². The summed E-state index contributed by atoms with van der Waals surface area (Å²) in [6.07, 6.45) is 1.53. The number of hydrogen-bond acceptors (Lipinski definition) is 6. The predicted octanol–water partition coefficient (Wildman–Crippen LogP) is 8.00. The summed E-state index contributed by atoms with van der Waals surface area (Å²) in [5, 5.41) is 6.18. The fourth-order valence-corrected chi connectivity index (χ4v) is 5.20. The average Bonchev–Trinajstić information content (AvgIpc) is 3.39. The van der Waals surface area contributed by atoms with Gasteiger partial charge in [0.2, 0.25) is 5.82 Å². The van der Waals surface area contributed by atoms with Gasteiger partial charge in [0, 0.05) is 9.86 Å². The molecule has 6 aromatic rings. The first kappa shape index (κ1) is 26.8. The molecule has 4 aromatic carbocycles. The summed E-state index contributed by atoms with van der Waals surface area (Å²) in [4.78, 5) is 18.3. The number of furan rings is 1. The molecule has 2 heterocycles. The molecule has 0 aliphatic carbocycles. The molecule has 0 aliphatic rings. The maximum Gasteiger partial charge on any atom is 0.282 e. The lowest BCUT2D eigenvalue weighted by Gasteiger charge is -2.13. The van der Waals surface area contributed by atoms with E-state index in [1.807, 2.05) is 55.5 Å². The number of halogens is 2. The molecule has 0 atom stereocenters. The van der Waals surface area contributed by atoms with Gasteiger partial charge in [-0.25, -0.2) is 4.98 Å². The Balaban J connectivity index is 1.40. The number of hydrogen-bond donors (Lipinski definition) is 0. The molecule has 0 bridgehead atoms. The first-order valence-electron chi connectivity index (χ1n) is 12.7. The number of aromatic nitrogens is 2. The van der Waals surface area contributed by atoms with Crippen LogP contribution < -0.4 is 15.0 Å². The maximum absolute atomic E-state index is 13.6. The molecule has 0 radical (unpaired) electrons. The van der Waals surface area contributed by atoms with Crippen LogP contribution in [0, 0.1) is 6.92 Å². The quantitative estimate of drug-likeness (QED) is 0.167. The van der Waals surface area contributed by atoms with E-state index in [2.05, 4.69) is 27.1 Å². The van der Waals surface area contributed by atoms with Crippen molar-refractivity contribution < 1.29 is 13.9 Å². The van der Waals surface area contributed by atoms with Gasteiger partial charge in [0.25, 0.3) is 5.56 Å². The highest BCUT2D eigenvalue weighted by Crippen LogP contribution is 2.37. The molecule has 0 spiro atoms. The minimum Gasteiger partial charge on any atom is -0.493 e. The van der Waals surface area contributed by atoms with Crippen LogP contribution in [0.25, 0.3) is 33.5 Å². The Kier molecular flexibility index (Phi) is 7.34. The Morgan fingerprint density at radius 3 is 2.73 bits per heavy atom. The number of methoxy groups -OCH3 is 1. The van der Waals surface area contributed by atoms with Crippen LogP contribution in [0.15, 0.2) is 104 Å². The summed E-state index contributed by atoms with van der Waals surface area (Å²) in [7, 11) is 1.54. The molecule has 7 nitrogen and oxygen atoms in total. The minimum atomic E-state index is -0.334. The zero-order valence-electron chi connectivity index (χ0n) is 22.1. The standard InChI is InChI=1S/C32H23BrClN3O4/c1-19-6-5-7-20(12-19)18-40-30-25(34)13-21(14-28(30)39-2)17-35-37-31(36-26-9-4-3-8-24(26)32(37)38)29-16-22-15-23(33)10-11-27(22)41-29/h3-17H,18H2,1-2H3. The van der Waals surface area contributed by atoms with Crippen LogP contribution in [0.5, 0.6) is 11.5 Å². The van der Waals surface area contributed by atoms with E-state index in [1.54, 1.807) is 37.4 Å². The molecule has 41 heavy (non-hydrogen) atoms. The van der Waals surface area contributed by atoms with Gasteiger partial charge in [-0.15, -0.1) is 0 Å². The first-order valence-corrected chi connectivity index (χ1v) is 13.9. The number of fused-ring (bicyclic) bond motifs is 2. The van der Waals surface area contributed by atoms with E-state index in [1.165, 1.54) is 10.9 Å². The highest BCUT2D eigenvalue weighted by Gasteiger charge is 2.17. The van der Waals surface area contributed by atoms with Gasteiger partial charge in [0.1, 0.15) is 12.2 Å². The van der Waals surface area contributed by atoms with Gasteiger partial charge in [0.05, 0.1) is 29.2 Å². The van der Waals surface area contributed by atoms with Gasteiger partial charge in [0.15, 0.2) is 17.3 Å². The molecule has 0 unspecified atom stereocenters. The Morgan fingerprint density at radius 2 is 1.90 bits per heavy atom. The Labute approximate surface area is 248 Å². The smallest absolute Gasteiger partial charge is 0.282 e. The maximum atomic E-state index is 13.6. The summed E-state index contributed by atoms with van der Waals surface area (Å²) in [6, 6.07) is 26.1. The second-order valence-corrected chi connectivity index (χ2v) is 10.7. The lowest BCUT2D eigenvalue weighted by Crippen LogP contribution is -2.20. The Hall–Kier alpha value is -4.40. The van der Waals surface area contributed by atoms with Crippen LogP contribution in [0.3, 0.4) is 0 Å². The van der Waals surface area contributed by atoms with Gasteiger partial charge in [-0.1, -0.05) is 69.5 Å². The number of benzene rings is 4. The molecule has 0 saturated heterocycles. The SMILES string of the molecule is COc1cc(C=Nn2c(-c3cc4cc(Br)ccc4o3)nc3ccccc3c2=O)cc(Cl)c1OCc1cccc(C)c1. The molecular formula is C32H23BrClN3O4. The van der Waals surface area contributed by atoms with Gasteiger partial charge < -0.3 is 13.9 Å². The molecule has 0 amide bonds. The third kappa shape index (κ3) is 5.49. The Morgan fingerprint density at radius 1 is 1.05 bits per heavy atom. The van der Waals surface area contributed by atoms with E-state index in [9.17, 15) is 4.79 Å². The summed E-state index contributed by atoms with van der Waals surface area (Å²) in [5.74, 6) is 1.55. The third-order valence-corrected chi connectivity index (χ3v) is 7.27. The van der Waals surface area contributed by atoms with Gasteiger partial charge in [-0.3, -0.25) is 4.79 Å². The van der Waals surface area contributed by atoms with Crippen molar-refractivity contribution in [2.45, 2.75) is 13.5 Å². The highest BCUT2D eigenvalue weighted by atomic mass is 79.9. The van der Waals surface area contributed by atoms with Gasteiger partial charge >= 0.3 is 0 Å². The molecule has 0 N–H and O–H groups in total. The molecule has 6 rings (SSSR count). The van der Waals surface area contributed by atoms with Crippen molar-refractivity contribution in [3.63, 3.8) is 0 Å². The fraction of sp³-hybridized carbons (Fsp3) is 0.0938. The van der Waals surface area contributed by atoms with Crippen molar-refractivity contribution in [3.8, 4) is 23.1 Å². The molecule has 0 saturated carbocycles. The van der Waals surface area contributed by atoms with Crippen LogP contribution in [0.2, 0.25) is 5.02 Å². The third-order valence-electron chi connectivity index (χ3n) is 6.49. The summed E-state index contributed by atoms with van der Waals surface area (Å²) in [5.41, 5.74) is 3.64. The lowest BCUT2D eigenvalue weighted by atomic mass is 10.1. The van der Waals surface area contributed by atoms with Gasteiger partial charge in [-0.05, 0) is 66.6 Å². The van der Waals surface area contributed by atoms with E-state index in [4.69, 9.17) is 30.5 Å². The predicted molar refractivity (Wildman–Crippen MR) is 165 cm³/mol. The first-order chi connectivity index (χ1) is 19.9. The minimum absolute atomic E-state index is 0.272. The van der Waals surface area contributed by atoms with Crippen LogP contribution in [-0.2, 0) is 6.61 Å². The van der Waals surface area contributed by atoms with Crippen molar-refractivity contribution in [1.82, 2.24) is 9.66 Å². The summed E-state index contributed by atoms with van der Waals surface area (Å²) < 4.78 is 19.8. The zero-order valence-corrected chi connectivity index (χ0v) is 24.4. The summed E-state index contributed by atoms with van der Waals surface area (Å²) in [6.45, 7) is 2.36. The topological polar surface area (TPSA) is 78.9 Å². The van der Waals surface area contributed by atoms with Gasteiger partial charge in [-0.2, -0.15) is 9.78 Å². The van der Waals surface area contributed by atoms with E-state index in [0.29, 0.717) is 50.9 Å². The van der Waals surface area contributed by atoms with Crippen LogP contribution >= 0.6 is 27.5 Å². The Bertz CT molecular complexity index is 2020. The number of para-hydroxylation sites is 1.